The summed E-state index contributed by atoms with van der Waals surface area (Å²) in [5.74, 6) is -2.39. The van der Waals surface area contributed by atoms with Gasteiger partial charge >= 0.3 is 5.97 Å². The number of aliphatic hydroxyl groups is 1. The number of unbranched alkanes of at least 4 members (excludes halogenated alkanes) is 3. The molecule has 0 aromatic carbocycles. The van der Waals surface area contributed by atoms with Crippen LogP contribution in [0.25, 0.3) is 0 Å². The van der Waals surface area contributed by atoms with Crippen LogP contribution in [0.15, 0.2) is 25.3 Å². The largest absolute Gasteiger partial charge is 0.465 e. The van der Waals surface area contributed by atoms with Crippen molar-refractivity contribution in [2.45, 2.75) is 81.0 Å². The van der Waals surface area contributed by atoms with E-state index in [1.807, 2.05) is 19.9 Å². The SMILES string of the molecule is C=CCCCCOC(=O)[C@H]1[C@H]2C(=O)N(CCCCO)C(C(=O)N(CC=C)C(C)C)C23CC(Br)[C@@H]1O3. The Bertz CT molecular complexity index is 820. The van der Waals surface area contributed by atoms with Crippen LogP contribution in [0.5, 0.6) is 0 Å². The summed E-state index contributed by atoms with van der Waals surface area (Å²) >= 11 is 3.67. The van der Waals surface area contributed by atoms with E-state index in [-0.39, 0.29) is 35.9 Å². The van der Waals surface area contributed by atoms with Gasteiger partial charge in [0, 0.05) is 30.6 Å². The number of carbonyl (C=O) groups excluding carboxylic acids is 3. The van der Waals surface area contributed by atoms with Gasteiger partial charge in [0.15, 0.2) is 0 Å². The number of likely N-dealkylation sites (tertiary alicyclic amines) is 1. The Morgan fingerprint density at radius 3 is 2.66 bits per heavy atom. The lowest BCUT2D eigenvalue weighted by atomic mass is 9.70. The number of aliphatic hydroxyl groups excluding tert-OH is 1. The summed E-state index contributed by atoms with van der Waals surface area (Å²) in [5.41, 5.74) is -1.09. The Hall–Kier alpha value is -1.71. The fraction of sp³-hybridized carbons (Fsp3) is 0.731. The van der Waals surface area contributed by atoms with Gasteiger partial charge < -0.3 is 24.4 Å². The molecule has 8 nitrogen and oxygen atoms in total. The van der Waals surface area contributed by atoms with E-state index in [1.165, 1.54) is 0 Å². The lowest BCUT2D eigenvalue weighted by Crippen LogP contribution is -2.58. The molecule has 0 saturated carbocycles. The fourth-order valence-electron chi connectivity index (χ4n) is 5.82. The Kier molecular flexibility index (Phi) is 9.57. The van der Waals surface area contributed by atoms with Crippen molar-refractivity contribution in [3.05, 3.63) is 25.3 Å². The van der Waals surface area contributed by atoms with Gasteiger partial charge in [0.2, 0.25) is 11.8 Å². The lowest BCUT2D eigenvalue weighted by Gasteiger charge is -2.38. The quantitative estimate of drug-likeness (QED) is 0.153. The van der Waals surface area contributed by atoms with E-state index >= 15 is 0 Å². The predicted octanol–water partition coefficient (Wildman–Crippen LogP) is 2.83. The number of alkyl halides is 1. The molecule has 0 aliphatic carbocycles. The Balaban J connectivity index is 1.92. The molecule has 3 aliphatic rings. The van der Waals surface area contributed by atoms with Crippen molar-refractivity contribution in [3.8, 4) is 0 Å². The number of fused-ring (bicyclic) bond motifs is 1. The Morgan fingerprint density at radius 1 is 1.29 bits per heavy atom. The number of rotatable bonds is 14. The maximum absolute atomic E-state index is 14.0. The number of nitrogens with zero attached hydrogens (tertiary/aromatic N) is 2. The average molecular weight is 556 g/mol. The third-order valence-electron chi connectivity index (χ3n) is 7.38. The molecule has 0 aromatic rings. The zero-order chi connectivity index (χ0) is 25.8. The Labute approximate surface area is 216 Å². The molecule has 196 valence electrons. The molecule has 3 heterocycles. The Morgan fingerprint density at radius 2 is 2.03 bits per heavy atom. The standard InChI is InChI=1S/C26H39BrN2O6/c1-5-7-8-11-15-34-25(33)19-20-23(31)29(13-9-10-14-30)22(24(32)28(12-6-2)17(3)4)26(20)16-18(27)21(19)35-26/h5-6,17-22,30H,1-2,7-16H2,3-4H3/t18?,19-,20-,21-,22?,26?/m0/s1. The van der Waals surface area contributed by atoms with E-state index in [9.17, 15) is 19.5 Å². The first kappa shape index (κ1) is 27.9. The minimum atomic E-state index is -1.09. The number of halogens is 1. The second-order valence-electron chi connectivity index (χ2n) is 9.95. The first-order valence-electron chi connectivity index (χ1n) is 12.7. The molecule has 6 atom stereocenters. The summed E-state index contributed by atoms with van der Waals surface area (Å²) in [6, 6.07) is -0.934. The highest BCUT2D eigenvalue weighted by molar-refractivity contribution is 9.09. The van der Waals surface area contributed by atoms with E-state index < -0.39 is 35.6 Å². The monoisotopic (exact) mass is 554 g/mol. The molecule has 3 aliphatic heterocycles. The van der Waals surface area contributed by atoms with Crippen molar-refractivity contribution >= 4 is 33.7 Å². The van der Waals surface area contributed by atoms with Crippen LogP contribution in [0.4, 0.5) is 0 Å². The van der Waals surface area contributed by atoms with Crippen LogP contribution in [0.1, 0.15) is 52.4 Å². The number of esters is 1. The van der Waals surface area contributed by atoms with Gasteiger partial charge in [0.1, 0.15) is 11.6 Å². The maximum Gasteiger partial charge on any atom is 0.312 e. The van der Waals surface area contributed by atoms with Crippen LogP contribution in [0.3, 0.4) is 0 Å². The molecular weight excluding hydrogens is 516 g/mol. The van der Waals surface area contributed by atoms with Crippen LogP contribution in [0, 0.1) is 11.8 Å². The molecule has 9 heteroatoms. The molecule has 3 saturated heterocycles. The first-order valence-corrected chi connectivity index (χ1v) is 13.6. The molecule has 2 amide bonds. The van der Waals surface area contributed by atoms with Gasteiger partial charge in [0.25, 0.3) is 0 Å². The second-order valence-corrected chi connectivity index (χ2v) is 11.1. The smallest absolute Gasteiger partial charge is 0.312 e. The van der Waals surface area contributed by atoms with E-state index in [4.69, 9.17) is 9.47 Å². The van der Waals surface area contributed by atoms with Gasteiger partial charge in [-0.25, -0.2) is 0 Å². The number of ether oxygens (including phenoxy) is 2. The summed E-state index contributed by atoms with van der Waals surface area (Å²) in [4.78, 5) is 44.1. The van der Waals surface area contributed by atoms with Gasteiger partial charge in [-0.3, -0.25) is 14.4 Å². The van der Waals surface area contributed by atoms with Crippen molar-refractivity contribution in [2.75, 3.05) is 26.3 Å². The third-order valence-corrected chi connectivity index (χ3v) is 8.23. The van der Waals surface area contributed by atoms with Crippen LogP contribution in [-0.2, 0) is 23.9 Å². The van der Waals surface area contributed by atoms with Gasteiger partial charge in [-0.1, -0.05) is 28.1 Å². The summed E-state index contributed by atoms with van der Waals surface area (Å²) in [5, 5.41) is 9.28. The van der Waals surface area contributed by atoms with E-state index in [0.717, 1.165) is 19.3 Å². The number of hydrogen-bond donors (Lipinski definition) is 1. The van der Waals surface area contributed by atoms with E-state index in [0.29, 0.717) is 32.4 Å². The van der Waals surface area contributed by atoms with Gasteiger partial charge in [0.05, 0.1) is 24.5 Å². The van der Waals surface area contributed by atoms with Crippen molar-refractivity contribution < 1.29 is 29.0 Å². The highest BCUT2D eigenvalue weighted by atomic mass is 79.9. The third kappa shape index (κ3) is 5.23. The summed E-state index contributed by atoms with van der Waals surface area (Å²) in [6.07, 6.45) is 6.96. The number of allylic oxidation sites excluding steroid dienone is 1. The van der Waals surface area contributed by atoms with E-state index in [2.05, 4.69) is 29.1 Å². The predicted molar refractivity (Wildman–Crippen MR) is 136 cm³/mol. The maximum atomic E-state index is 14.0. The summed E-state index contributed by atoms with van der Waals surface area (Å²) in [7, 11) is 0. The van der Waals surface area contributed by atoms with Crippen molar-refractivity contribution in [3.63, 3.8) is 0 Å². The van der Waals surface area contributed by atoms with Crippen LogP contribution in [0.2, 0.25) is 0 Å². The fourth-order valence-corrected chi connectivity index (χ4v) is 6.77. The number of hydrogen-bond acceptors (Lipinski definition) is 6. The molecule has 3 rings (SSSR count). The lowest BCUT2D eigenvalue weighted by molar-refractivity contribution is -0.155. The van der Waals surface area contributed by atoms with Crippen LogP contribution >= 0.6 is 15.9 Å². The summed E-state index contributed by atoms with van der Waals surface area (Å²) in [6.45, 7) is 12.3. The first-order chi connectivity index (χ1) is 16.7. The van der Waals surface area contributed by atoms with E-state index in [1.54, 1.807) is 15.9 Å². The molecule has 0 radical (unpaired) electrons. The van der Waals surface area contributed by atoms with Crippen LogP contribution in [-0.4, -0.2) is 87.6 Å². The molecule has 3 unspecified atom stereocenters. The normalized spacial score (nSPS) is 31.1. The number of carbonyl (C=O) groups is 3. The van der Waals surface area contributed by atoms with Gasteiger partial charge in [-0.05, 0) is 52.4 Å². The topological polar surface area (TPSA) is 96.4 Å². The molecule has 35 heavy (non-hydrogen) atoms. The molecule has 3 fully saturated rings. The molecule has 2 bridgehead atoms. The minimum Gasteiger partial charge on any atom is -0.465 e. The average Bonchev–Trinajstić information content (AvgIpc) is 3.40. The molecular formula is C26H39BrN2O6. The van der Waals surface area contributed by atoms with Gasteiger partial charge in [-0.2, -0.15) is 0 Å². The van der Waals surface area contributed by atoms with Gasteiger partial charge in [-0.15, -0.1) is 13.2 Å². The minimum absolute atomic E-state index is 0.00660. The van der Waals surface area contributed by atoms with Crippen molar-refractivity contribution in [1.29, 1.82) is 0 Å². The second kappa shape index (κ2) is 12.0. The highest BCUT2D eigenvalue weighted by Gasteiger charge is 2.77. The molecule has 0 aromatic heterocycles. The zero-order valence-corrected chi connectivity index (χ0v) is 22.5. The summed E-state index contributed by atoms with van der Waals surface area (Å²) < 4.78 is 12.1. The van der Waals surface area contributed by atoms with Crippen LogP contribution < -0.4 is 0 Å². The van der Waals surface area contributed by atoms with Crippen molar-refractivity contribution in [1.82, 2.24) is 9.80 Å². The molecule has 1 N–H and O–H groups in total. The molecule has 1 spiro atoms. The zero-order valence-electron chi connectivity index (χ0n) is 20.9. The number of amides is 2. The highest BCUT2D eigenvalue weighted by Crippen LogP contribution is 2.60. The van der Waals surface area contributed by atoms with Crippen molar-refractivity contribution in [2.24, 2.45) is 11.8 Å².